The smallest absolute Gasteiger partial charge is 0.232 e. The van der Waals surface area contributed by atoms with Crippen molar-refractivity contribution < 1.29 is 4.79 Å². The quantitative estimate of drug-likeness (QED) is 0.817. The molecule has 0 aliphatic carbocycles. The molecule has 1 unspecified atom stereocenters. The number of nitriles is 1. The topological polar surface area (TPSA) is 64.9 Å². The molecular formula is C11H13N3OS. The fourth-order valence-electron chi connectivity index (χ4n) is 1.76. The number of nitrogens with one attached hydrogen (secondary N) is 2. The maximum absolute atomic E-state index is 12.0. The molecule has 1 amide bonds. The van der Waals surface area contributed by atoms with Crippen LogP contribution in [-0.2, 0) is 4.79 Å². The molecule has 0 aromatic carbocycles. The Balaban J connectivity index is 2.11. The van der Waals surface area contributed by atoms with Crippen molar-refractivity contribution in [1.29, 1.82) is 5.26 Å². The average Bonchev–Trinajstić information content (AvgIpc) is 2.87. The minimum atomic E-state index is -0.350. The Morgan fingerprint density at radius 1 is 1.75 bits per heavy atom. The Labute approximate surface area is 98.3 Å². The number of nitrogens with zero attached hydrogens (tertiary/aromatic N) is 1. The Morgan fingerprint density at radius 3 is 3.19 bits per heavy atom. The number of rotatable bonds is 2. The summed E-state index contributed by atoms with van der Waals surface area (Å²) < 4.78 is 0. The van der Waals surface area contributed by atoms with Gasteiger partial charge in [-0.2, -0.15) is 5.26 Å². The standard InChI is InChI=1S/C11H13N3OS/c1-11(3-4-13-7-11)10(15)14-9-8(6-12)2-5-16-9/h2,5,13H,3-4,7H2,1H3,(H,14,15). The normalized spacial score (nSPS) is 24.0. The van der Waals surface area contributed by atoms with Crippen LogP contribution in [0.25, 0.3) is 0 Å². The van der Waals surface area contributed by atoms with E-state index in [1.54, 1.807) is 6.07 Å². The molecule has 1 saturated heterocycles. The molecule has 2 rings (SSSR count). The van der Waals surface area contributed by atoms with Gasteiger partial charge in [-0.3, -0.25) is 4.79 Å². The van der Waals surface area contributed by atoms with Gasteiger partial charge in [0, 0.05) is 6.54 Å². The average molecular weight is 235 g/mol. The molecule has 2 heterocycles. The van der Waals surface area contributed by atoms with E-state index in [0.717, 1.165) is 13.0 Å². The molecule has 16 heavy (non-hydrogen) atoms. The minimum absolute atomic E-state index is 0.00329. The van der Waals surface area contributed by atoms with Crippen LogP contribution in [0.5, 0.6) is 0 Å². The largest absolute Gasteiger partial charge is 0.316 e. The van der Waals surface area contributed by atoms with E-state index in [1.165, 1.54) is 11.3 Å². The van der Waals surface area contributed by atoms with Crippen LogP contribution in [0.2, 0.25) is 0 Å². The fraction of sp³-hybridized carbons (Fsp3) is 0.455. The second-order valence-electron chi connectivity index (χ2n) is 4.22. The molecule has 5 heteroatoms. The first-order chi connectivity index (χ1) is 7.65. The van der Waals surface area contributed by atoms with Gasteiger partial charge in [-0.1, -0.05) is 0 Å². The highest BCUT2D eigenvalue weighted by Gasteiger charge is 2.36. The van der Waals surface area contributed by atoms with Crippen molar-refractivity contribution in [3.63, 3.8) is 0 Å². The van der Waals surface area contributed by atoms with E-state index >= 15 is 0 Å². The van der Waals surface area contributed by atoms with Gasteiger partial charge < -0.3 is 10.6 Å². The SMILES string of the molecule is CC1(C(=O)Nc2sccc2C#N)CCNC1. The lowest BCUT2D eigenvalue weighted by molar-refractivity contribution is -0.123. The second kappa shape index (κ2) is 4.24. The Bertz CT molecular complexity index is 440. The van der Waals surface area contributed by atoms with Crippen molar-refractivity contribution in [2.45, 2.75) is 13.3 Å². The summed E-state index contributed by atoms with van der Waals surface area (Å²) in [5.74, 6) is -0.00329. The molecule has 0 spiro atoms. The summed E-state index contributed by atoms with van der Waals surface area (Å²) in [5.41, 5.74) is 0.185. The number of hydrogen-bond acceptors (Lipinski definition) is 4. The fourth-order valence-corrected chi connectivity index (χ4v) is 2.49. The van der Waals surface area contributed by atoms with E-state index in [0.29, 0.717) is 17.1 Å². The Kier molecular flexibility index (Phi) is 2.95. The highest BCUT2D eigenvalue weighted by Crippen LogP contribution is 2.29. The van der Waals surface area contributed by atoms with Crippen LogP contribution in [0.1, 0.15) is 18.9 Å². The van der Waals surface area contributed by atoms with Crippen LogP contribution in [0.15, 0.2) is 11.4 Å². The lowest BCUT2D eigenvalue weighted by Crippen LogP contribution is -2.35. The van der Waals surface area contributed by atoms with Crippen molar-refractivity contribution in [2.24, 2.45) is 5.41 Å². The second-order valence-corrected chi connectivity index (χ2v) is 5.13. The first kappa shape index (κ1) is 11.1. The number of carbonyl (C=O) groups excluding carboxylic acids is 1. The lowest BCUT2D eigenvalue weighted by atomic mass is 9.89. The summed E-state index contributed by atoms with van der Waals surface area (Å²) >= 11 is 1.39. The first-order valence-electron chi connectivity index (χ1n) is 5.15. The van der Waals surface area contributed by atoms with Crippen molar-refractivity contribution in [1.82, 2.24) is 5.32 Å². The van der Waals surface area contributed by atoms with E-state index in [1.807, 2.05) is 12.3 Å². The van der Waals surface area contributed by atoms with Crippen molar-refractivity contribution in [3.05, 3.63) is 17.0 Å². The summed E-state index contributed by atoms with van der Waals surface area (Å²) in [6.45, 7) is 3.52. The molecule has 1 aromatic heterocycles. The van der Waals surface area contributed by atoms with Gasteiger partial charge >= 0.3 is 0 Å². The van der Waals surface area contributed by atoms with E-state index in [9.17, 15) is 4.79 Å². The summed E-state index contributed by atoms with van der Waals surface area (Å²) in [6, 6.07) is 3.78. The van der Waals surface area contributed by atoms with Gasteiger partial charge in [0.25, 0.3) is 0 Å². The number of carbonyl (C=O) groups is 1. The van der Waals surface area contributed by atoms with Crippen LogP contribution >= 0.6 is 11.3 Å². The molecular weight excluding hydrogens is 222 g/mol. The molecule has 84 valence electrons. The Hall–Kier alpha value is -1.38. The number of amides is 1. The van der Waals surface area contributed by atoms with Crippen LogP contribution < -0.4 is 10.6 Å². The summed E-state index contributed by atoms with van der Waals surface area (Å²) in [4.78, 5) is 12.0. The van der Waals surface area contributed by atoms with Crippen LogP contribution in [0.4, 0.5) is 5.00 Å². The molecule has 1 fully saturated rings. The molecule has 0 saturated carbocycles. The number of hydrogen-bond donors (Lipinski definition) is 2. The summed E-state index contributed by atoms with van der Waals surface area (Å²) in [7, 11) is 0. The molecule has 1 aliphatic rings. The van der Waals surface area contributed by atoms with Gasteiger partial charge in [0.1, 0.15) is 11.1 Å². The van der Waals surface area contributed by atoms with Gasteiger partial charge in [-0.15, -0.1) is 11.3 Å². The van der Waals surface area contributed by atoms with Crippen LogP contribution in [-0.4, -0.2) is 19.0 Å². The molecule has 1 aliphatic heterocycles. The van der Waals surface area contributed by atoms with Gasteiger partial charge in [0.2, 0.25) is 5.91 Å². The summed E-state index contributed by atoms with van der Waals surface area (Å²) in [5, 5.41) is 17.3. The van der Waals surface area contributed by atoms with Crippen molar-refractivity contribution in [2.75, 3.05) is 18.4 Å². The molecule has 2 N–H and O–H groups in total. The summed E-state index contributed by atoms with van der Waals surface area (Å²) in [6.07, 6.45) is 0.839. The van der Waals surface area contributed by atoms with E-state index < -0.39 is 0 Å². The highest BCUT2D eigenvalue weighted by molar-refractivity contribution is 7.14. The lowest BCUT2D eigenvalue weighted by Gasteiger charge is -2.20. The van der Waals surface area contributed by atoms with Gasteiger partial charge in [0.05, 0.1) is 11.0 Å². The molecule has 0 bridgehead atoms. The zero-order chi connectivity index (χ0) is 11.6. The van der Waals surface area contributed by atoms with Crippen LogP contribution in [0.3, 0.4) is 0 Å². The molecule has 0 radical (unpaired) electrons. The first-order valence-corrected chi connectivity index (χ1v) is 6.03. The zero-order valence-corrected chi connectivity index (χ0v) is 9.86. The molecule has 4 nitrogen and oxygen atoms in total. The highest BCUT2D eigenvalue weighted by atomic mass is 32.1. The number of thiophene rings is 1. The number of anilines is 1. The molecule has 1 atom stereocenters. The zero-order valence-electron chi connectivity index (χ0n) is 9.04. The van der Waals surface area contributed by atoms with E-state index in [2.05, 4.69) is 16.7 Å². The van der Waals surface area contributed by atoms with Gasteiger partial charge in [-0.05, 0) is 31.3 Å². The minimum Gasteiger partial charge on any atom is -0.316 e. The third kappa shape index (κ3) is 1.94. The van der Waals surface area contributed by atoms with Crippen molar-refractivity contribution in [3.8, 4) is 6.07 Å². The van der Waals surface area contributed by atoms with Crippen molar-refractivity contribution >= 4 is 22.2 Å². The van der Waals surface area contributed by atoms with Gasteiger partial charge in [-0.25, -0.2) is 0 Å². The monoisotopic (exact) mass is 235 g/mol. The molecule has 1 aromatic rings. The van der Waals surface area contributed by atoms with Crippen LogP contribution in [0, 0.1) is 16.7 Å². The predicted octanol–water partition coefficient (Wildman–Crippen LogP) is 1.56. The van der Waals surface area contributed by atoms with Gasteiger partial charge in [0.15, 0.2) is 0 Å². The third-order valence-electron chi connectivity index (χ3n) is 2.93. The van der Waals surface area contributed by atoms with E-state index in [-0.39, 0.29) is 11.3 Å². The predicted molar refractivity (Wildman–Crippen MR) is 63.3 cm³/mol. The third-order valence-corrected chi connectivity index (χ3v) is 3.76. The maximum Gasteiger partial charge on any atom is 0.232 e. The maximum atomic E-state index is 12.0. The Morgan fingerprint density at radius 2 is 2.56 bits per heavy atom. The van der Waals surface area contributed by atoms with E-state index in [4.69, 9.17) is 5.26 Å².